The van der Waals surface area contributed by atoms with E-state index in [4.69, 9.17) is 20.0 Å². The maximum absolute atomic E-state index is 9.02. The third-order valence-electron chi connectivity index (χ3n) is 6.55. The van der Waals surface area contributed by atoms with Crippen molar-refractivity contribution in [3.63, 3.8) is 0 Å². The number of hydrogen-bond donors (Lipinski definition) is 0. The summed E-state index contributed by atoms with van der Waals surface area (Å²) in [4.78, 5) is 0. The smallest absolute Gasteiger partial charge is 0.140 e. The standard InChI is InChI=1S/C16H23N3OSi.C14H18BrN3OSi/c1-5-15-14-10-13(11-17)6-7-16(14)19(18-15)12-20-8-9-21(2,3)4;1-20(2,3)7-6-19-10-18-13-5-4-11(9-16)8-12(13)14(15)17-18/h6-7,10H,5,8-9,12H2,1-4H3;4-5,8H,6-7,10H2,1-3H3. The average Bonchev–Trinajstić information content (AvgIpc) is 3.44. The highest BCUT2D eigenvalue weighted by molar-refractivity contribution is 9.10. The van der Waals surface area contributed by atoms with Crippen molar-refractivity contribution >= 4 is 53.9 Å². The highest BCUT2D eigenvalue weighted by atomic mass is 79.9. The Bertz CT molecular complexity index is 1550. The first-order valence-electron chi connectivity index (χ1n) is 14.0. The van der Waals surface area contributed by atoms with Crippen LogP contribution in [0, 0.1) is 22.7 Å². The summed E-state index contributed by atoms with van der Waals surface area (Å²) in [6.07, 6.45) is 0.854. The molecular weight excluding hydrogens is 612 g/mol. The second kappa shape index (κ2) is 14.4. The second-order valence-electron chi connectivity index (χ2n) is 12.5. The van der Waals surface area contributed by atoms with E-state index in [0.29, 0.717) is 24.6 Å². The van der Waals surface area contributed by atoms with Gasteiger partial charge in [0, 0.05) is 40.1 Å². The van der Waals surface area contributed by atoms with Crippen molar-refractivity contribution in [3.8, 4) is 12.1 Å². The van der Waals surface area contributed by atoms with Crippen LogP contribution in [0.3, 0.4) is 0 Å². The van der Waals surface area contributed by atoms with Crippen LogP contribution in [0.4, 0.5) is 0 Å². The molecule has 218 valence electrons. The minimum Gasteiger partial charge on any atom is -0.360 e. The highest BCUT2D eigenvalue weighted by Gasteiger charge is 2.15. The number of ether oxygens (including phenoxy) is 2. The van der Waals surface area contributed by atoms with Crippen molar-refractivity contribution < 1.29 is 9.47 Å². The summed E-state index contributed by atoms with van der Waals surface area (Å²) in [7, 11) is -2.11. The molecule has 0 atom stereocenters. The van der Waals surface area contributed by atoms with Crippen LogP contribution < -0.4 is 0 Å². The van der Waals surface area contributed by atoms with E-state index in [1.165, 1.54) is 0 Å². The van der Waals surface area contributed by atoms with Crippen LogP contribution in [-0.4, -0.2) is 48.9 Å². The van der Waals surface area contributed by atoms with Gasteiger partial charge in [-0.05, 0) is 70.8 Å². The Labute approximate surface area is 254 Å². The molecule has 0 saturated carbocycles. The Morgan fingerprint density at radius 3 is 1.68 bits per heavy atom. The summed E-state index contributed by atoms with van der Waals surface area (Å²) < 4.78 is 16.0. The van der Waals surface area contributed by atoms with E-state index in [9.17, 15) is 0 Å². The van der Waals surface area contributed by atoms with Crippen molar-refractivity contribution in [2.45, 2.75) is 78.2 Å². The maximum Gasteiger partial charge on any atom is 0.140 e. The number of hydrogen-bond acceptors (Lipinski definition) is 6. The summed E-state index contributed by atoms with van der Waals surface area (Å²) in [5.41, 5.74) is 4.35. The van der Waals surface area contributed by atoms with E-state index in [0.717, 1.165) is 63.8 Å². The van der Waals surface area contributed by atoms with Crippen molar-refractivity contribution in [2.24, 2.45) is 0 Å². The van der Waals surface area contributed by atoms with Gasteiger partial charge in [0.05, 0.1) is 40.0 Å². The molecule has 0 fully saturated rings. The number of benzene rings is 2. The van der Waals surface area contributed by atoms with Crippen LogP contribution in [0.1, 0.15) is 23.7 Å². The van der Waals surface area contributed by atoms with Crippen LogP contribution >= 0.6 is 15.9 Å². The Kier molecular flexibility index (Phi) is 11.5. The zero-order chi connectivity index (χ0) is 30.2. The summed E-state index contributed by atoms with van der Waals surface area (Å²) in [6, 6.07) is 17.9. The number of nitriles is 2. The van der Waals surface area contributed by atoms with Crippen molar-refractivity contribution in [2.75, 3.05) is 13.2 Å². The van der Waals surface area contributed by atoms with Gasteiger partial charge in [-0.2, -0.15) is 20.7 Å². The lowest BCUT2D eigenvalue weighted by Crippen LogP contribution is -2.22. The predicted octanol–water partition coefficient (Wildman–Crippen LogP) is 7.77. The molecule has 41 heavy (non-hydrogen) atoms. The van der Waals surface area contributed by atoms with E-state index in [2.05, 4.69) is 84.5 Å². The fraction of sp³-hybridized carbons (Fsp3) is 0.467. The number of halogens is 1. The van der Waals surface area contributed by atoms with Gasteiger partial charge in [0.15, 0.2) is 0 Å². The molecule has 4 rings (SSSR count). The second-order valence-corrected chi connectivity index (χ2v) is 24.5. The topological polar surface area (TPSA) is 102 Å². The number of fused-ring (bicyclic) bond motifs is 2. The Balaban J connectivity index is 0.000000226. The molecule has 4 aromatic rings. The minimum absolute atomic E-state index is 0.443. The van der Waals surface area contributed by atoms with Gasteiger partial charge in [0.1, 0.15) is 18.1 Å². The van der Waals surface area contributed by atoms with Gasteiger partial charge in [-0.25, -0.2) is 9.36 Å². The third-order valence-corrected chi connectivity index (χ3v) is 10.5. The molecule has 2 aromatic carbocycles. The molecule has 0 aliphatic heterocycles. The summed E-state index contributed by atoms with van der Waals surface area (Å²) >= 11 is 3.43. The van der Waals surface area contributed by atoms with Gasteiger partial charge in [0.2, 0.25) is 0 Å². The van der Waals surface area contributed by atoms with Crippen LogP contribution in [0.25, 0.3) is 21.8 Å². The molecule has 0 N–H and O–H groups in total. The van der Waals surface area contributed by atoms with Gasteiger partial charge in [-0.15, -0.1) is 0 Å². The van der Waals surface area contributed by atoms with Gasteiger partial charge >= 0.3 is 0 Å². The first-order valence-corrected chi connectivity index (χ1v) is 22.2. The summed E-state index contributed by atoms with van der Waals surface area (Å²) in [5, 5.41) is 29.0. The number of nitrogens with zero attached hydrogens (tertiary/aromatic N) is 6. The molecule has 2 aromatic heterocycles. The lowest BCUT2D eigenvalue weighted by molar-refractivity contribution is 0.0813. The SMILES string of the molecule is CCc1nn(COCC[Si](C)(C)C)c2ccc(C#N)cc12.C[Si](C)(C)CCOCn1nc(Br)c2cc(C#N)ccc21. The van der Waals surface area contributed by atoms with E-state index in [1.54, 1.807) is 6.07 Å². The zero-order valence-electron chi connectivity index (χ0n) is 25.3. The largest absolute Gasteiger partial charge is 0.360 e. The van der Waals surface area contributed by atoms with E-state index in [1.807, 2.05) is 39.7 Å². The first-order chi connectivity index (χ1) is 19.3. The number of rotatable bonds is 11. The first kappa shape index (κ1) is 32.7. The maximum atomic E-state index is 9.02. The van der Waals surface area contributed by atoms with Gasteiger partial charge in [-0.1, -0.05) is 46.2 Å². The normalized spacial score (nSPS) is 11.8. The molecule has 8 nitrogen and oxygen atoms in total. The average molecular weight is 654 g/mol. The predicted molar refractivity (Wildman–Crippen MR) is 174 cm³/mol. The third kappa shape index (κ3) is 9.62. The molecule has 0 amide bonds. The monoisotopic (exact) mass is 652 g/mol. The number of aromatic nitrogens is 4. The van der Waals surface area contributed by atoms with E-state index >= 15 is 0 Å². The van der Waals surface area contributed by atoms with Crippen molar-refractivity contribution in [1.82, 2.24) is 19.6 Å². The lowest BCUT2D eigenvalue weighted by atomic mass is 10.1. The number of aryl methyl sites for hydroxylation is 1. The van der Waals surface area contributed by atoms with Crippen molar-refractivity contribution in [3.05, 3.63) is 57.8 Å². The van der Waals surface area contributed by atoms with Gasteiger partial charge < -0.3 is 9.47 Å². The molecule has 0 saturated heterocycles. The molecule has 11 heteroatoms. The molecule has 0 unspecified atom stereocenters. The molecule has 0 bridgehead atoms. The fourth-order valence-corrected chi connectivity index (χ4v) is 6.06. The van der Waals surface area contributed by atoms with E-state index < -0.39 is 16.1 Å². The Hall–Kier alpha value is -2.81. The summed E-state index contributed by atoms with van der Waals surface area (Å²) in [5.74, 6) is 0. The minimum atomic E-state index is -1.06. The van der Waals surface area contributed by atoms with Crippen molar-refractivity contribution in [1.29, 1.82) is 10.5 Å². The van der Waals surface area contributed by atoms with Gasteiger partial charge in [0.25, 0.3) is 0 Å². The van der Waals surface area contributed by atoms with Crippen LogP contribution in [-0.2, 0) is 29.4 Å². The molecule has 0 spiro atoms. The Morgan fingerprint density at radius 1 is 0.756 bits per heavy atom. The van der Waals surface area contributed by atoms with Gasteiger partial charge in [-0.3, -0.25) is 0 Å². The Morgan fingerprint density at radius 2 is 1.22 bits per heavy atom. The van der Waals surface area contributed by atoms with Crippen LogP contribution in [0.5, 0.6) is 0 Å². The summed E-state index contributed by atoms with van der Waals surface area (Å²) in [6.45, 7) is 18.6. The molecule has 2 heterocycles. The molecule has 0 radical (unpaired) electrons. The van der Waals surface area contributed by atoms with Crippen LogP contribution in [0.2, 0.25) is 51.4 Å². The van der Waals surface area contributed by atoms with Crippen LogP contribution in [0.15, 0.2) is 41.0 Å². The van der Waals surface area contributed by atoms with E-state index in [-0.39, 0.29) is 0 Å². The molecular formula is C30H41BrN6O2Si2. The molecule has 0 aliphatic carbocycles. The fourth-order valence-electron chi connectivity index (χ4n) is 4.04. The zero-order valence-corrected chi connectivity index (χ0v) is 28.9. The lowest BCUT2D eigenvalue weighted by Gasteiger charge is -2.15. The molecule has 0 aliphatic rings. The highest BCUT2D eigenvalue weighted by Crippen LogP contribution is 2.25. The quantitative estimate of drug-likeness (QED) is 0.121.